The molecule has 0 aliphatic heterocycles. The molecular formula is C20H39N. The van der Waals surface area contributed by atoms with Gasteiger partial charge in [-0.05, 0) is 51.6 Å². The van der Waals surface area contributed by atoms with Crippen LogP contribution in [0.25, 0.3) is 0 Å². The van der Waals surface area contributed by atoms with Crippen molar-refractivity contribution in [3.05, 3.63) is 24.3 Å². The smallest absolute Gasteiger partial charge is 0.00141 e. The molecule has 0 saturated heterocycles. The first-order valence-corrected chi connectivity index (χ1v) is 9.42. The van der Waals surface area contributed by atoms with E-state index in [4.69, 9.17) is 0 Å². The van der Waals surface area contributed by atoms with Crippen LogP contribution < -0.4 is 5.32 Å². The third kappa shape index (κ3) is 19.4. The molecule has 124 valence electrons. The normalized spacial score (nSPS) is 11.9. The predicted molar refractivity (Wildman–Crippen MR) is 97.9 cm³/mol. The van der Waals surface area contributed by atoms with Gasteiger partial charge in [-0.15, -0.1) is 0 Å². The minimum absolute atomic E-state index is 1.12. The van der Waals surface area contributed by atoms with Gasteiger partial charge in [-0.2, -0.15) is 0 Å². The summed E-state index contributed by atoms with van der Waals surface area (Å²) >= 11 is 0. The lowest BCUT2D eigenvalue weighted by Gasteiger charge is -1.99. The second kappa shape index (κ2) is 19.4. The van der Waals surface area contributed by atoms with Crippen molar-refractivity contribution in [2.45, 2.75) is 90.9 Å². The van der Waals surface area contributed by atoms with Crippen LogP contribution in [0.5, 0.6) is 0 Å². The summed E-state index contributed by atoms with van der Waals surface area (Å²) in [5, 5.41) is 3.51. The molecule has 0 spiro atoms. The van der Waals surface area contributed by atoms with Crippen LogP contribution in [0.3, 0.4) is 0 Å². The number of allylic oxidation sites excluding steroid dienone is 2. The van der Waals surface area contributed by atoms with Gasteiger partial charge in [0.05, 0.1) is 0 Å². The monoisotopic (exact) mass is 293 g/mol. The summed E-state index contributed by atoms with van der Waals surface area (Å²) in [6, 6.07) is 0. The summed E-state index contributed by atoms with van der Waals surface area (Å²) < 4.78 is 0. The minimum atomic E-state index is 1.12. The SMILES string of the molecule is CCCCCC/C=C/CCNCC/C=C/CCCCCC. The van der Waals surface area contributed by atoms with Gasteiger partial charge in [-0.1, -0.05) is 76.7 Å². The molecule has 0 aromatic heterocycles. The van der Waals surface area contributed by atoms with Crippen molar-refractivity contribution in [2.75, 3.05) is 13.1 Å². The largest absolute Gasteiger partial charge is 0.316 e. The van der Waals surface area contributed by atoms with Crippen molar-refractivity contribution in [3.8, 4) is 0 Å². The summed E-state index contributed by atoms with van der Waals surface area (Å²) in [4.78, 5) is 0. The van der Waals surface area contributed by atoms with E-state index in [2.05, 4.69) is 43.5 Å². The van der Waals surface area contributed by atoms with Crippen LogP contribution in [0.4, 0.5) is 0 Å². The zero-order valence-electron chi connectivity index (χ0n) is 14.7. The molecule has 0 fully saturated rings. The Morgan fingerprint density at radius 2 is 0.952 bits per heavy atom. The molecule has 1 nitrogen and oxygen atoms in total. The summed E-state index contributed by atoms with van der Waals surface area (Å²) in [5.41, 5.74) is 0. The maximum Gasteiger partial charge on any atom is -0.00141 e. The Kier molecular flexibility index (Phi) is 18.9. The van der Waals surface area contributed by atoms with Gasteiger partial charge in [0.15, 0.2) is 0 Å². The quantitative estimate of drug-likeness (QED) is 0.256. The maximum absolute atomic E-state index is 3.51. The highest BCUT2D eigenvalue weighted by molar-refractivity contribution is 4.84. The highest BCUT2D eigenvalue weighted by Crippen LogP contribution is 2.03. The Morgan fingerprint density at radius 3 is 1.38 bits per heavy atom. The molecule has 0 heterocycles. The number of hydrogen-bond acceptors (Lipinski definition) is 1. The first kappa shape index (κ1) is 20.4. The molecule has 0 aliphatic carbocycles. The van der Waals surface area contributed by atoms with Crippen LogP contribution in [0.2, 0.25) is 0 Å². The molecule has 0 atom stereocenters. The van der Waals surface area contributed by atoms with E-state index < -0.39 is 0 Å². The average molecular weight is 294 g/mol. The van der Waals surface area contributed by atoms with Gasteiger partial charge in [0.2, 0.25) is 0 Å². The van der Waals surface area contributed by atoms with Crippen LogP contribution in [0.15, 0.2) is 24.3 Å². The Hall–Kier alpha value is -0.560. The summed E-state index contributed by atoms with van der Waals surface area (Å²) in [6.07, 6.45) is 25.2. The molecule has 21 heavy (non-hydrogen) atoms. The molecule has 0 aromatic rings. The van der Waals surface area contributed by atoms with Crippen LogP contribution in [0.1, 0.15) is 90.9 Å². The zero-order valence-corrected chi connectivity index (χ0v) is 14.7. The molecule has 1 heteroatoms. The lowest BCUT2D eigenvalue weighted by Crippen LogP contribution is -2.15. The van der Waals surface area contributed by atoms with Gasteiger partial charge < -0.3 is 5.32 Å². The molecule has 0 radical (unpaired) electrons. The molecule has 0 saturated carbocycles. The Balaban J connectivity index is 3.11. The minimum Gasteiger partial charge on any atom is -0.316 e. The molecule has 0 bridgehead atoms. The summed E-state index contributed by atoms with van der Waals surface area (Å²) in [6.45, 7) is 6.78. The van der Waals surface area contributed by atoms with Crippen molar-refractivity contribution in [1.29, 1.82) is 0 Å². The Labute approximate surface area is 134 Å². The fraction of sp³-hybridized carbons (Fsp3) is 0.800. The van der Waals surface area contributed by atoms with Gasteiger partial charge in [0, 0.05) is 0 Å². The highest BCUT2D eigenvalue weighted by Gasteiger charge is 1.87. The van der Waals surface area contributed by atoms with Gasteiger partial charge in [0.25, 0.3) is 0 Å². The van der Waals surface area contributed by atoms with Crippen molar-refractivity contribution < 1.29 is 0 Å². The van der Waals surface area contributed by atoms with Crippen molar-refractivity contribution in [2.24, 2.45) is 0 Å². The van der Waals surface area contributed by atoms with E-state index in [-0.39, 0.29) is 0 Å². The van der Waals surface area contributed by atoms with E-state index in [9.17, 15) is 0 Å². The molecule has 1 N–H and O–H groups in total. The van der Waals surface area contributed by atoms with E-state index in [1.807, 2.05) is 0 Å². The van der Waals surface area contributed by atoms with E-state index in [0.717, 1.165) is 13.1 Å². The number of unbranched alkanes of at least 4 members (excludes halogenated alkanes) is 8. The lowest BCUT2D eigenvalue weighted by atomic mass is 10.1. The predicted octanol–water partition coefficient (Wildman–Crippen LogP) is 6.41. The fourth-order valence-electron chi connectivity index (χ4n) is 2.35. The number of hydrogen-bond donors (Lipinski definition) is 1. The average Bonchev–Trinajstić information content (AvgIpc) is 2.50. The van der Waals surface area contributed by atoms with Gasteiger partial charge >= 0.3 is 0 Å². The number of nitrogens with one attached hydrogen (secondary N) is 1. The standard InChI is InChI=1S/C20H39N/c1-3-5-7-9-11-13-15-17-19-21-20-18-16-14-12-10-8-6-4-2/h13-16,21H,3-12,17-20H2,1-2H3/b15-13+,16-14+. The van der Waals surface area contributed by atoms with E-state index in [1.165, 1.54) is 77.0 Å². The van der Waals surface area contributed by atoms with Gasteiger partial charge in [-0.25, -0.2) is 0 Å². The molecular weight excluding hydrogens is 254 g/mol. The van der Waals surface area contributed by atoms with E-state index >= 15 is 0 Å². The van der Waals surface area contributed by atoms with Crippen molar-refractivity contribution >= 4 is 0 Å². The Bertz CT molecular complexity index is 206. The molecule has 0 amide bonds. The molecule has 0 unspecified atom stereocenters. The highest BCUT2D eigenvalue weighted by atomic mass is 14.8. The van der Waals surface area contributed by atoms with Gasteiger partial charge in [0.1, 0.15) is 0 Å². The van der Waals surface area contributed by atoms with Crippen LogP contribution in [-0.4, -0.2) is 13.1 Å². The van der Waals surface area contributed by atoms with Crippen molar-refractivity contribution in [3.63, 3.8) is 0 Å². The first-order valence-electron chi connectivity index (χ1n) is 9.42. The van der Waals surface area contributed by atoms with Crippen LogP contribution in [0, 0.1) is 0 Å². The third-order valence-corrected chi connectivity index (χ3v) is 3.76. The van der Waals surface area contributed by atoms with E-state index in [1.54, 1.807) is 0 Å². The second-order valence-corrected chi connectivity index (χ2v) is 5.97. The van der Waals surface area contributed by atoms with Gasteiger partial charge in [-0.3, -0.25) is 0 Å². The fourth-order valence-corrected chi connectivity index (χ4v) is 2.35. The Morgan fingerprint density at radius 1 is 0.524 bits per heavy atom. The first-order chi connectivity index (χ1) is 10.4. The van der Waals surface area contributed by atoms with Crippen molar-refractivity contribution in [1.82, 2.24) is 5.32 Å². The number of rotatable bonds is 16. The second-order valence-electron chi connectivity index (χ2n) is 5.97. The molecule has 0 aliphatic rings. The molecule has 0 aromatic carbocycles. The maximum atomic E-state index is 3.51. The summed E-state index contributed by atoms with van der Waals surface area (Å²) in [5.74, 6) is 0. The van der Waals surface area contributed by atoms with Crippen LogP contribution >= 0.6 is 0 Å². The topological polar surface area (TPSA) is 12.0 Å². The zero-order chi connectivity index (χ0) is 15.4. The third-order valence-electron chi connectivity index (χ3n) is 3.76. The lowest BCUT2D eigenvalue weighted by molar-refractivity contribution is 0.668. The molecule has 0 rings (SSSR count). The summed E-state index contributed by atoms with van der Waals surface area (Å²) in [7, 11) is 0. The van der Waals surface area contributed by atoms with E-state index in [0.29, 0.717) is 0 Å². The van der Waals surface area contributed by atoms with Crippen LogP contribution in [-0.2, 0) is 0 Å².